The van der Waals surface area contributed by atoms with Crippen molar-refractivity contribution in [2.45, 2.75) is 0 Å². The van der Waals surface area contributed by atoms with Gasteiger partial charge in [0.15, 0.2) is 23.1 Å². The maximum Gasteiger partial charge on any atom is 0.164 e. The van der Waals surface area contributed by atoms with E-state index < -0.39 is 0 Å². The van der Waals surface area contributed by atoms with E-state index in [4.69, 9.17) is 19.4 Å². The second-order valence-electron chi connectivity index (χ2n) is 14.4. The smallest absolute Gasteiger partial charge is 0.164 e. The van der Waals surface area contributed by atoms with Gasteiger partial charge < -0.3 is 8.98 Å². The summed E-state index contributed by atoms with van der Waals surface area (Å²) in [7, 11) is 0. The molecule has 0 aliphatic carbocycles. The number of thiophene rings is 1. The number of para-hydroxylation sites is 3. The monoisotopic (exact) mass is 746 g/mol. The van der Waals surface area contributed by atoms with Crippen molar-refractivity contribution < 1.29 is 4.42 Å². The van der Waals surface area contributed by atoms with Gasteiger partial charge in [0.25, 0.3) is 0 Å². The van der Waals surface area contributed by atoms with E-state index in [0.717, 1.165) is 60.9 Å². The van der Waals surface area contributed by atoms with Gasteiger partial charge in [0.05, 0.1) is 16.7 Å². The number of rotatable bonds is 5. The summed E-state index contributed by atoms with van der Waals surface area (Å²) in [6.07, 6.45) is 0. The van der Waals surface area contributed by atoms with E-state index in [2.05, 4.69) is 126 Å². The topological polar surface area (TPSA) is 56.7 Å². The van der Waals surface area contributed by atoms with Crippen molar-refractivity contribution in [2.75, 3.05) is 0 Å². The summed E-state index contributed by atoms with van der Waals surface area (Å²) < 4.78 is 11.6. The maximum absolute atomic E-state index is 6.86. The fourth-order valence-electron chi connectivity index (χ4n) is 8.45. The van der Waals surface area contributed by atoms with Gasteiger partial charge in [0, 0.05) is 58.4 Å². The summed E-state index contributed by atoms with van der Waals surface area (Å²) in [6, 6.07) is 63.7. The molecule has 57 heavy (non-hydrogen) atoms. The highest BCUT2D eigenvalue weighted by Crippen LogP contribution is 2.44. The third kappa shape index (κ3) is 5.04. The zero-order valence-corrected chi connectivity index (χ0v) is 31.2. The van der Waals surface area contributed by atoms with Crippen LogP contribution in [0.15, 0.2) is 186 Å². The van der Waals surface area contributed by atoms with Crippen molar-refractivity contribution in [3.8, 4) is 51.0 Å². The van der Waals surface area contributed by atoms with E-state index in [0.29, 0.717) is 17.5 Å². The van der Waals surface area contributed by atoms with E-state index in [1.807, 2.05) is 60.7 Å². The van der Waals surface area contributed by atoms with Crippen LogP contribution in [0.5, 0.6) is 0 Å². The summed E-state index contributed by atoms with van der Waals surface area (Å²) in [5, 5.41) is 7.10. The predicted octanol–water partition coefficient (Wildman–Crippen LogP) is 13.9. The third-order valence-electron chi connectivity index (χ3n) is 11.1. The summed E-state index contributed by atoms with van der Waals surface area (Å²) >= 11 is 1.79. The van der Waals surface area contributed by atoms with Crippen LogP contribution in [0.1, 0.15) is 0 Å². The van der Waals surface area contributed by atoms with E-state index in [-0.39, 0.29) is 0 Å². The van der Waals surface area contributed by atoms with Crippen molar-refractivity contribution in [1.29, 1.82) is 0 Å². The van der Waals surface area contributed by atoms with Crippen LogP contribution >= 0.6 is 11.3 Å². The van der Waals surface area contributed by atoms with Crippen molar-refractivity contribution in [2.24, 2.45) is 0 Å². The lowest BCUT2D eigenvalue weighted by Gasteiger charge is -2.09. The highest BCUT2D eigenvalue weighted by atomic mass is 32.1. The molecule has 4 heterocycles. The molecule has 12 rings (SSSR count). The van der Waals surface area contributed by atoms with Crippen molar-refractivity contribution >= 4 is 75.3 Å². The molecule has 0 saturated heterocycles. The minimum Gasteiger partial charge on any atom is -0.454 e. The van der Waals surface area contributed by atoms with Gasteiger partial charge in [0.2, 0.25) is 0 Å². The van der Waals surface area contributed by atoms with Crippen LogP contribution in [0.4, 0.5) is 0 Å². The molecule has 4 aromatic heterocycles. The van der Waals surface area contributed by atoms with E-state index in [1.165, 1.54) is 36.5 Å². The first-order chi connectivity index (χ1) is 28.2. The second kappa shape index (κ2) is 12.6. The van der Waals surface area contributed by atoms with Crippen molar-refractivity contribution in [3.63, 3.8) is 0 Å². The average Bonchev–Trinajstić information content (AvgIpc) is 3.96. The minimum atomic E-state index is 0.651. The van der Waals surface area contributed by atoms with Gasteiger partial charge in [-0.05, 0) is 53.6 Å². The Morgan fingerprint density at radius 3 is 1.68 bits per heavy atom. The number of fused-ring (bicyclic) bond motifs is 9. The molecular weight excluding hydrogens is 717 g/mol. The van der Waals surface area contributed by atoms with Crippen LogP contribution in [0.2, 0.25) is 0 Å². The maximum atomic E-state index is 6.86. The Morgan fingerprint density at radius 1 is 0.404 bits per heavy atom. The van der Waals surface area contributed by atoms with Gasteiger partial charge >= 0.3 is 0 Å². The van der Waals surface area contributed by atoms with Gasteiger partial charge in [-0.3, -0.25) is 0 Å². The molecule has 5 nitrogen and oxygen atoms in total. The molecule has 0 bridgehead atoms. The molecule has 266 valence electrons. The van der Waals surface area contributed by atoms with Crippen molar-refractivity contribution in [1.82, 2.24) is 19.5 Å². The predicted molar refractivity (Wildman–Crippen MR) is 236 cm³/mol. The zero-order chi connectivity index (χ0) is 37.5. The molecule has 0 saturated carbocycles. The number of nitrogens with zero attached hydrogens (tertiary/aromatic N) is 4. The first kappa shape index (κ1) is 31.9. The Morgan fingerprint density at radius 2 is 0.982 bits per heavy atom. The fraction of sp³-hybridized carbons (Fsp3) is 0. The number of hydrogen-bond donors (Lipinski definition) is 0. The summed E-state index contributed by atoms with van der Waals surface area (Å²) in [5.74, 6) is 1.96. The van der Waals surface area contributed by atoms with Crippen LogP contribution in [-0.4, -0.2) is 19.5 Å². The van der Waals surface area contributed by atoms with Crippen LogP contribution in [-0.2, 0) is 0 Å². The van der Waals surface area contributed by atoms with Gasteiger partial charge in [-0.2, -0.15) is 0 Å². The second-order valence-corrected chi connectivity index (χ2v) is 15.5. The molecule has 0 radical (unpaired) electrons. The standard InChI is InChI=1S/C51H30N4OS/c1-3-13-31(14-4-1)49-52-50(32-15-5-2-6-16-32)54-51(53-49)34-26-28-40-46(30-34)57-45-24-12-19-35(47(40)45)33-25-27-38-39-20-11-23-43(48(39)56-44(38)29-33)55-41-21-9-7-17-36(41)37-18-8-10-22-42(37)55/h1-30H. The molecule has 0 unspecified atom stereocenters. The number of aromatic nitrogens is 4. The fourth-order valence-corrected chi connectivity index (χ4v) is 9.62. The van der Waals surface area contributed by atoms with Crippen LogP contribution in [0, 0.1) is 0 Å². The number of furan rings is 1. The normalized spacial score (nSPS) is 11.9. The molecule has 0 amide bonds. The Bertz CT molecular complexity index is 3420. The van der Waals surface area contributed by atoms with E-state index in [9.17, 15) is 0 Å². The number of hydrogen-bond acceptors (Lipinski definition) is 5. The van der Waals surface area contributed by atoms with Crippen LogP contribution in [0.25, 0.3) is 115 Å². The third-order valence-corrected chi connectivity index (χ3v) is 12.2. The molecule has 0 N–H and O–H groups in total. The summed E-state index contributed by atoms with van der Waals surface area (Å²) in [5.41, 5.74) is 10.3. The highest BCUT2D eigenvalue weighted by molar-refractivity contribution is 7.26. The molecular formula is C51H30N4OS. The van der Waals surface area contributed by atoms with Gasteiger partial charge in [-0.25, -0.2) is 15.0 Å². The summed E-state index contributed by atoms with van der Waals surface area (Å²) in [4.78, 5) is 14.9. The zero-order valence-electron chi connectivity index (χ0n) is 30.4. The molecule has 0 fully saturated rings. The van der Waals surface area contributed by atoms with Gasteiger partial charge in [-0.15, -0.1) is 11.3 Å². The first-order valence-corrected chi connectivity index (χ1v) is 19.8. The van der Waals surface area contributed by atoms with Crippen LogP contribution in [0.3, 0.4) is 0 Å². The highest BCUT2D eigenvalue weighted by Gasteiger charge is 2.19. The Balaban J connectivity index is 0.989. The first-order valence-electron chi connectivity index (χ1n) is 19.0. The Labute approximate surface area is 330 Å². The molecule has 12 aromatic rings. The van der Waals surface area contributed by atoms with Gasteiger partial charge in [0.1, 0.15) is 5.58 Å². The van der Waals surface area contributed by atoms with E-state index in [1.54, 1.807) is 11.3 Å². The van der Waals surface area contributed by atoms with Crippen LogP contribution < -0.4 is 0 Å². The quantitative estimate of drug-likeness (QED) is 0.176. The molecule has 6 heteroatoms. The average molecular weight is 747 g/mol. The summed E-state index contributed by atoms with van der Waals surface area (Å²) in [6.45, 7) is 0. The SMILES string of the molecule is c1ccc(-c2nc(-c3ccccc3)nc(-c3ccc4c(c3)sc3cccc(-c5ccc6c(c5)oc5c(-n7c8ccccc8c8ccccc87)cccc56)c34)n2)cc1. The lowest BCUT2D eigenvalue weighted by Crippen LogP contribution is -1.99. The Kier molecular flexibility index (Phi) is 7.03. The largest absolute Gasteiger partial charge is 0.454 e. The van der Waals surface area contributed by atoms with E-state index >= 15 is 0 Å². The van der Waals surface area contributed by atoms with Gasteiger partial charge in [-0.1, -0.05) is 140 Å². The lowest BCUT2D eigenvalue weighted by molar-refractivity contribution is 0.666. The molecule has 8 aromatic carbocycles. The van der Waals surface area contributed by atoms with Crippen molar-refractivity contribution in [3.05, 3.63) is 182 Å². The number of benzene rings is 8. The molecule has 0 aliphatic rings. The molecule has 0 atom stereocenters. The minimum absolute atomic E-state index is 0.651. The molecule has 0 spiro atoms. The lowest BCUT2D eigenvalue weighted by atomic mass is 9.98. The Hall–Kier alpha value is -7.41. The molecule has 0 aliphatic heterocycles.